The number of nitrogens with zero attached hydrogens (tertiary/aromatic N) is 3. The fraction of sp³-hybridized carbons (Fsp3) is 0.476. The quantitative estimate of drug-likeness (QED) is 0.901. The number of fused-ring (bicyclic) bond motifs is 1. The van der Waals surface area contributed by atoms with E-state index in [1.807, 2.05) is 29.4 Å². The molecule has 27 heavy (non-hydrogen) atoms. The van der Waals surface area contributed by atoms with Crippen molar-refractivity contribution in [3.05, 3.63) is 42.5 Å². The van der Waals surface area contributed by atoms with Gasteiger partial charge in [0, 0.05) is 43.8 Å². The minimum Gasteiger partial charge on any atom is -0.375 e. The number of methoxy groups -OCH3 is 1. The zero-order valence-electron chi connectivity index (χ0n) is 16.0. The van der Waals surface area contributed by atoms with Gasteiger partial charge in [-0.1, -0.05) is 25.3 Å². The van der Waals surface area contributed by atoms with Crippen LogP contribution in [-0.2, 0) is 16.1 Å². The Kier molecular flexibility index (Phi) is 7.30. The molecule has 0 bridgehead atoms. The van der Waals surface area contributed by atoms with E-state index in [1.165, 1.54) is 25.6 Å². The average molecular weight is 368 g/mol. The number of aromatic nitrogens is 2. The van der Waals surface area contributed by atoms with Crippen molar-refractivity contribution in [2.24, 2.45) is 0 Å². The molecule has 3 rings (SSSR count). The molecule has 0 spiro atoms. The molecule has 1 amide bonds. The lowest BCUT2D eigenvalue weighted by molar-refractivity contribution is -0.122. The van der Waals surface area contributed by atoms with Gasteiger partial charge in [-0.25, -0.2) is 9.97 Å². The maximum Gasteiger partial charge on any atom is 0.252 e. The first-order valence-electron chi connectivity index (χ1n) is 9.68. The second-order valence-electron chi connectivity index (χ2n) is 6.89. The lowest BCUT2D eigenvalue weighted by Crippen LogP contribution is -2.36. The van der Waals surface area contributed by atoms with E-state index in [9.17, 15) is 4.79 Å². The first kappa shape index (κ1) is 19.5. The minimum atomic E-state index is 0.00611. The number of anilines is 1. The van der Waals surface area contributed by atoms with Crippen molar-refractivity contribution in [1.29, 1.82) is 0 Å². The Hall–Kier alpha value is -2.31. The van der Waals surface area contributed by atoms with Crippen LogP contribution < -0.4 is 10.2 Å². The highest BCUT2D eigenvalue weighted by Crippen LogP contribution is 2.28. The molecular formula is C21H28N4O2. The second-order valence-corrected chi connectivity index (χ2v) is 6.89. The average Bonchev–Trinajstić information content (AvgIpc) is 2.69. The van der Waals surface area contributed by atoms with Crippen LogP contribution in [0.2, 0.25) is 0 Å². The number of rotatable bonds is 3. The second kappa shape index (κ2) is 10.1. The molecule has 1 aromatic heterocycles. The molecule has 1 N–H and O–H groups in total. The van der Waals surface area contributed by atoms with E-state index in [2.05, 4.69) is 21.4 Å². The first-order chi connectivity index (χ1) is 13.3. The maximum absolute atomic E-state index is 12.7. The summed E-state index contributed by atoms with van der Waals surface area (Å²) in [6.07, 6.45) is 10.9. The Labute approximate surface area is 161 Å². The van der Waals surface area contributed by atoms with E-state index in [0.29, 0.717) is 0 Å². The van der Waals surface area contributed by atoms with Crippen LogP contribution in [0.15, 0.2) is 36.9 Å². The lowest BCUT2D eigenvalue weighted by atomic mass is 10.0. The third kappa shape index (κ3) is 5.34. The third-order valence-electron chi connectivity index (χ3n) is 4.88. The van der Waals surface area contributed by atoms with Crippen molar-refractivity contribution in [2.75, 3.05) is 31.7 Å². The van der Waals surface area contributed by atoms with E-state index in [4.69, 9.17) is 4.74 Å². The molecule has 0 saturated carbocycles. The van der Waals surface area contributed by atoms with Gasteiger partial charge < -0.3 is 15.0 Å². The number of ether oxygens (including phenoxy) is 1. The maximum atomic E-state index is 12.7. The molecule has 2 heterocycles. The van der Waals surface area contributed by atoms with Crippen LogP contribution in [0.4, 0.5) is 5.69 Å². The number of hydrogen-bond donors (Lipinski definition) is 1. The topological polar surface area (TPSA) is 67.3 Å². The zero-order chi connectivity index (χ0) is 18.9. The summed E-state index contributed by atoms with van der Waals surface area (Å²) in [6.45, 7) is 2.54. The van der Waals surface area contributed by atoms with E-state index in [0.717, 1.165) is 54.9 Å². The van der Waals surface area contributed by atoms with Crippen LogP contribution in [0.1, 0.15) is 37.7 Å². The molecule has 144 valence electrons. The fourth-order valence-electron chi connectivity index (χ4n) is 3.47. The summed E-state index contributed by atoms with van der Waals surface area (Å²) >= 11 is 0. The van der Waals surface area contributed by atoms with Gasteiger partial charge in [-0.15, -0.1) is 0 Å². The molecule has 0 atom stereocenters. The molecule has 0 saturated heterocycles. The molecule has 2 aromatic rings. The number of hydrogen-bond acceptors (Lipinski definition) is 5. The monoisotopic (exact) mass is 368 g/mol. The minimum absolute atomic E-state index is 0.00611. The number of nitrogens with one attached hydrogen (secondary N) is 1. The van der Waals surface area contributed by atoms with Crippen LogP contribution in [0.5, 0.6) is 0 Å². The van der Waals surface area contributed by atoms with Crippen molar-refractivity contribution < 1.29 is 9.53 Å². The van der Waals surface area contributed by atoms with Crippen LogP contribution in [0.3, 0.4) is 0 Å². The van der Waals surface area contributed by atoms with Gasteiger partial charge in [0.1, 0.15) is 12.9 Å². The fourth-order valence-corrected chi connectivity index (χ4v) is 3.47. The van der Waals surface area contributed by atoms with E-state index in [1.54, 1.807) is 7.11 Å². The van der Waals surface area contributed by atoms with Gasteiger partial charge in [-0.05, 0) is 42.6 Å². The van der Waals surface area contributed by atoms with Crippen LogP contribution >= 0.6 is 0 Å². The number of amides is 1. The SMILES string of the molecule is COCC(=O)N1CCCCCCCNCc2cc(-c3cncnc3)ccc21. The Morgan fingerprint density at radius 1 is 1.11 bits per heavy atom. The van der Waals surface area contributed by atoms with Gasteiger partial charge in [-0.2, -0.15) is 0 Å². The predicted molar refractivity (Wildman–Crippen MR) is 106 cm³/mol. The Morgan fingerprint density at radius 3 is 2.70 bits per heavy atom. The largest absolute Gasteiger partial charge is 0.375 e. The molecule has 6 nitrogen and oxygen atoms in total. The molecule has 1 aliphatic rings. The highest BCUT2D eigenvalue weighted by Gasteiger charge is 2.19. The summed E-state index contributed by atoms with van der Waals surface area (Å²) in [5.41, 5.74) is 4.11. The molecule has 1 aromatic carbocycles. The summed E-state index contributed by atoms with van der Waals surface area (Å²) in [5, 5.41) is 3.53. The van der Waals surface area contributed by atoms with E-state index < -0.39 is 0 Å². The smallest absolute Gasteiger partial charge is 0.252 e. The summed E-state index contributed by atoms with van der Waals surface area (Å²) in [5.74, 6) is 0.00611. The number of benzene rings is 1. The standard InChI is InChI=1S/C21H28N4O2/c1-27-15-21(26)25-10-6-4-2-3-5-9-22-12-18-11-17(7-8-20(18)25)19-13-23-16-24-14-19/h7-8,11,13-14,16,22H,2-6,9-10,12,15H2,1H3. The lowest BCUT2D eigenvalue weighted by Gasteiger charge is -2.26. The van der Waals surface area contributed by atoms with Gasteiger partial charge in [0.05, 0.1) is 0 Å². The van der Waals surface area contributed by atoms with Gasteiger partial charge in [0.25, 0.3) is 5.91 Å². The van der Waals surface area contributed by atoms with E-state index in [-0.39, 0.29) is 12.5 Å². The van der Waals surface area contributed by atoms with Crippen LogP contribution in [0, 0.1) is 0 Å². The van der Waals surface area contributed by atoms with Crippen molar-refractivity contribution in [2.45, 2.75) is 38.6 Å². The zero-order valence-corrected chi connectivity index (χ0v) is 16.0. The van der Waals surface area contributed by atoms with Crippen molar-refractivity contribution >= 4 is 11.6 Å². The van der Waals surface area contributed by atoms with Gasteiger partial charge >= 0.3 is 0 Å². The molecule has 6 heteroatoms. The van der Waals surface area contributed by atoms with Crippen LogP contribution in [0.25, 0.3) is 11.1 Å². The summed E-state index contributed by atoms with van der Waals surface area (Å²) in [6, 6.07) is 6.22. The third-order valence-corrected chi connectivity index (χ3v) is 4.88. The summed E-state index contributed by atoms with van der Waals surface area (Å²) in [7, 11) is 1.56. The predicted octanol–water partition coefficient (Wildman–Crippen LogP) is 3.18. The van der Waals surface area contributed by atoms with Crippen LogP contribution in [-0.4, -0.2) is 42.7 Å². The summed E-state index contributed by atoms with van der Waals surface area (Å²) in [4.78, 5) is 22.8. The van der Waals surface area contributed by atoms with Crippen molar-refractivity contribution in [3.63, 3.8) is 0 Å². The van der Waals surface area contributed by atoms with Crippen molar-refractivity contribution in [3.8, 4) is 11.1 Å². The number of carbonyl (C=O) groups is 1. The molecule has 0 radical (unpaired) electrons. The Morgan fingerprint density at radius 2 is 1.89 bits per heavy atom. The molecule has 0 aliphatic carbocycles. The highest BCUT2D eigenvalue weighted by molar-refractivity contribution is 5.95. The van der Waals surface area contributed by atoms with Gasteiger partial charge in [0.15, 0.2) is 0 Å². The van der Waals surface area contributed by atoms with Gasteiger partial charge in [-0.3, -0.25) is 4.79 Å². The highest BCUT2D eigenvalue weighted by atomic mass is 16.5. The Balaban J connectivity index is 1.95. The Bertz CT molecular complexity index is 736. The normalized spacial score (nSPS) is 16.1. The molecule has 0 fully saturated rings. The van der Waals surface area contributed by atoms with Crippen molar-refractivity contribution in [1.82, 2.24) is 15.3 Å². The van der Waals surface area contributed by atoms with Gasteiger partial charge in [0.2, 0.25) is 0 Å². The molecular weight excluding hydrogens is 340 g/mol. The number of carbonyl (C=O) groups excluding carboxylic acids is 1. The first-order valence-corrected chi connectivity index (χ1v) is 9.68. The summed E-state index contributed by atoms with van der Waals surface area (Å²) < 4.78 is 5.11. The molecule has 0 unspecified atom stereocenters. The molecule has 1 aliphatic heterocycles. The van der Waals surface area contributed by atoms with E-state index >= 15 is 0 Å².